The van der Waals surface area contributed by atoms with Gasteiger partial charge in [-0.3, -0.25) is 4.79 Å². The number of carbonyl (C=O) groups excluding carboxylic acids is 1. The standard InChI is InChI=1S/C24H27N3O2/c1-17-10-12-18(13-11-17)22-15-25-23(29-22)20-8-4-5-9-21(20)24(28)27-14-6-7-19(16-27)26(2)3/h4-5,8-13,15,19H,6-7,14,16H2,1-3H3. The maximum Gasteiger partial charge on any atom is 0.254 e. The number of hydrogen-bond donors (Lipinski definition) is 0. The van der Waals surface area contributed by atoms with Gasteiger partial charge in [-0.2, -0.15) is 0 Å². The first-order valence-corrected chi connectivity index (χ1v) is 10.1. The number of nitrogens with zero attached hydrogens (tertiary/aromatic N) is 3. The molecule has 2 aromatic carbocycles. The van der Waals surface area contributed by atoms with Crippen LogP contribution in [0.4, 0.5) is 0 Å². The molecular weight excluding hydrogens is 362 g/mol. The molecule has 0 radical (unpaired) electrons. The first-order valence-electron chi connectivity index (χ1n) is 10.1. The van der Waals surface area contributed by atoms with Gasteiger partial charge < -0.3 is 14.2 Å². The second-order valence-corrected chi connectivity index (χ2v) is 7.95. The summed E-state index contributed by atoms with van der Waals surface area (Å²) in [5, 5.41) is 0. The van der Waals surface area contributed by atoms with Crippen molar-refractivity contribution in [2.45, 2.75) is 25.8 Å². The normalized spacial score (nSPS) is 17.0. The molecule has 5 heteroatoms. The Bertz CT molecular complexity index is 991. The van der Waals surface area contributed by atoms with Gasteiger partial charge in [-0.25, -0.2) is 4.98 Å². The molecule has 1 aliphatic rings. The van der Waals surface area contributed by atoms with Crippen LogP contribution in [-0.2, 0) is 0 Å². The lowest BCUT2D eigenvalue weighted by Gasteiger charge is -2.36. The summed E-state index contributed by atoms with van der Waals surface area (Å²) in [6.45, 7) is 3.59. The number of oxazole rings is 1. The minimum atomic E-state index is 0.0437. The number of likely N-dealkylation sites (N-methyl/N-ethyl adjacent to an activating group) is 1. The zero-order chi connectivity index (χ0) is 20.4. The number of carbonyl (C=O) groups is 1. The Morgan fingerprint density at radius 3 is 2.66 bits per heavy atom. The number of aromatic nitrogens is 1. The van der Waals surface area contributed by atoms with Crippen LogP contribution in [-0.4, -0.2) is 53.9 Å². The van der Waals surface area contributed by atoms with E-state index in [1.807, 2.05) is 53.4 Å². The molecule has 0 spiro atoms. The van der Waals surface area contributed by atoms with Crippen molar-refractivity contribution in [3.63, 3.8) is 0 Å². The van der Waals surface area contributed by atoms with E-state index in [1.54, 1.807) is 6.20 Å². The van der Waals surface area contributed by atoms with Crippen molar-refractivity contribution in [1.29, 1.82) is 0 Å². The number of rotatable bonds is 4. The predicted octanol–water partition coefficient (Wildman–Crippen LogP) is 4.48. The lowest BCUT2D eigenvalue weighted by atomic mass is 10.0. The molecule has 3 aromatic rings. The van der Waals surface area contributed by atoms with Crippen LogP contribution in [0, 0.1) is 6.92 Å². The second-order valence-electron chi connectivity index (χ2n) is 7.95. The van der Waals surface area contributed by atoms with Gasteiger partial charge in [0.25, 0.3) is 5.91 Å². The van der Waals surface area contributed by atoms with Crippen molar-refractivity contribution in [3.8, 4) is 22.8 Å². The smallest absolute Gasteiger partial charge is 0.254 e. The van der Waals surface area contributed by atoms with Gasteiger partial charge in [-0.1, -0.05) is 42.0 Å². The minimum Gasteiger partial charge on any atom is -0.436 e. The molecule has 5 nitrogen and oxygen atoms in total. The SMILES string of the molecule is Cc1ccc(-c2cnc(-c3ccccc3C(=O)N3CCCC(N(C)C)C3)o2)cc1. The molecule has 4 rings (SSSR count). The molecule has 0 aliphatic carbocycles. The molecule has 0 N–H and O–H groups in total. The molecular formula is C24H27N3O2. The van der Waals surface area contributed by atoms with Crippen molar-refractivity contribution in [2.24, 2.45) is 0 Å². The van der Waals surface area contributed by atoms with E-state index in [-0.39, 0.29) is 5.91 Å². The van der Waals surface area contributed by atoms with Crippen molar-refractivity contribution in [2.75, 3.05) is 27.2 Å². The summed E-state index contributed by atoms with van der Waals surface area (Å²) in [5.41, 5.74) is 3.55. The van der Waals surface area contributed by atoms with Gasteiger partial charge in [0.1, 0.15) is 0 Å². The quantitative estimate of drug-likeness (QED) is 0.660. The van der Waals surface area contributed by atoms with E-state index in [2.05, 4.69) is 30.9 Å². The van der Waals surface area contributed by atoms with Gasteiger partial charge in [-0.15, -0.1) is 0 Å². The Morgan fingerprint density at radius 2 is 1.90 bits per heavy atom. The maximum absolute atomic E-state index is 13.3. The van der Waals surface area contributed by atoms with Gasteiger partial charge in [0.05, 0.1) is 11.8 Å². The number of likely N-dealkylation sites (tertiary alicyclic amines) is 1. The molecule has 150 valence electrons. The fraction of sp³-hybridized carbons (Fsp3) is 0.333. The van der Waals surface area contributed by atoms with Crippen molar-refractivity contribution in [1.82, 2.24) is 14.8 Å². The fourth-order valence-electron chi connectivity index (χ4n) is 3.84. The van der Waals surface area contributed by atoms with Crippen LogP contribution in [0.5, 0.6) is 0 Å². The van der Waals surface area contributed by atoms with E-state index in [0.29, 0.717) is 23.3 Å². The van der Waals surface area contributed by atoms with E-state index in [0.717, 1.165) is 37.1 Å². The van der Waals surface area contributed by atoms with Crippen LogP contribution in [0.25, 0.3) is 22.8 Å². The third-order valence-corrected chi connectivity index (χ3v) is 5.64. The van der Waals surface area contributed by atoms with Crippen LogP contribution in [0.2, 0.25) is 0 Å². The summed E-state index contributed by atoms with van der Waals surface area (Å²) < 4.78 is 6.04. The summed E-state index contributed by atoms with van der Waals surface area (Å²) in [6, 6.07) is 16.1. The fourth-order valence-corrected chi connectivity index (χ4v) is 3.84. The van der Waals surface area contributed by atoms with Crippen LogP contribution < -0.4 is 0 Å². The zero-order valence-electron chi connectivity index (χ0n) is 17.3. The summed E-state index contributed by atoms with van der Waals surface area (Å²) >= 11 is 0. The van der Waals surface area contributed by atoms with Crippen molar-refractivity contribution in [3.05, 3.63) is 65.9 Å². The highest BCUT2D eigenvalue weighted by Crippen LogP contribution is 2.29. The molecule has 1 amide bonds. The highest BCUT2D eigenvalue weighted by atomic mass is 16.4. The van der Waals surface area contributed by atoms with E-state index in [1.165, 1.54) is 5.56 Å². The number of hydrogen-bond acceptors (Lipinski definition) is 4. The molecule has 1 saturated heterocycles. The van der Waals surface area contributed by atoms with Gasteiger partial charge in [0.2, 0.25) is 5.89 Å². The van der Waals surface area contributed by atoms with Gasteiger partial charge in [0.15, 0.2) is 5.76 Å². The highest BCUT2D eigenvalue weighted by molar-refractivity contribution is 6.00. The van der Waals surface area contributed by atoms with Crippen molar-refractivity contribution < 1.29 is 9.21 Å². The third kappa shape index (κ3) is 4.10. The van der Waals surface area contributed by atoms with Crippen LogP contribution in [0.1, 0.15) is 28.8 Å². The largest absolute Gasteiger partial charge is 0.436 e. The molecule has 1 fully saturated rings. The average Bonchev–Trinajstić information content (AvgIpc) is 3.24. The number of benzene rings is 2. The first-order chi connectivity index (χ1) is 14.0. The number of amides is 1. The molecule has 1 atom stereocenters. The van der Waals surface area contributed by atoms with Crippen LogP contribution >= 0.6 is 0 Å². The van der Waals surface area contributed by atoms with E-state index < -0.39 is 0 Å². The molecule has 29 heavy (non-hydrogen) atoms. The number of aryl methyl sites for hydroxylation is 1. The zero-order valence-corrected chi connectivity index (χ0v) is 17.3. The molecule has 1 aromatic heterocycles. The summed E-state index contributed by atoms with van der Waals surface area (Å²) in [4.78, 5) is 21.9. The highest BCUT2D eigenvalue weighted by Gasteiger charge is 2.27. The lowest BCUT2D eigenvalue weighted by Crippen LogP contribution is -2.47. The monoisotopic (exact) mass is 389 g/mol. The van der Waals surface area contributed by atoms with E-state index in [9.17, 15) is 4.79 Å². The topological polar surface area (TPSA) is 49.6 Å². The van der Waals surface area contributed by atoms with Gasteiger partial charge in [-0.05, 0) is 46.0 Å². The Labute approximate surface area is 172 Å². The van der Waals surface area contributed by atoms with Crippen LogP contribution in [0.15, 0.2) is 59.1 Å². The Hall–Kier alpha value is -2.92. The van der Waals surface area contributed by atoms with E-state index >= 15 is 0 Å². The summed E-state index contributed by atoms with van der Waals surface area (Å²) in [6.07, 6.45) is 3.87. The van der Waals surface area contributed by atoms with Crippen LogP contribution in [0.3, 0.4) is 0 Å². The summed E-state index contributed by atoms with van der Waals surface area (Å²) in [7, 11) is 4.15. The molecule has 0 saturated carbocycles. The van der Waals surface area contributed by atoms with Gasteiger partial charge in [0, 0.05) is 30.3 Å². The van der Waals surface area contributed by atoms with E-state index in [4.69, 9.17) is 4.42 Å². The predicted molar refractivity (Wildman–Crippen MR) is 115 cm³/mol. The molecule has 0 bridgehead atoms. The third-order valence-electron chi connectivity index (χ3n) is 5.64. The number of piperidine rings is 1. The molecule has 1 unspecified atom stereocenters. The Kier molecular flexibility index (Phi) is 5.49. The van der Waals surface area contributed by atoms with Gasteiger partial charge >= 0.3 is 0 Å². The second kappa shape index (κ2) is 8.21. The maximum atomic E-state index is 13.3. The lowest BCUT2D eigenvalue weighted by molar-refractivity contribution is 0.0635. The Balaban J connectivity index is 1.62. The minimum absolute atomic E-state index is 0.0437. The summed E-state index contributed by atoms with van der Waals surface area (Å²) in [5.74, 6) is 1.22. The Morgan fingerprint density at radius 1 is 1.14 bits per heavy atom. The van der Waals surface area contributed by atoms with Crippen molar-refractivity contribution >= 4 is 5.91 Å². The average molecular weight is 389 g/mol. The molecule has 1 aliphatic heterocycles. The first kappa shape index (κ1) is 19.4. The molecule has 2 heterocycles.